The predicted molar refractivity (Wildman–Crippen MR) is 97.9 cm³/mol. The first-order valence-corrected chi connectivity index (χ1v) is 9.06. The van der Waals surface area contributed by atoms with Gasteiger partial charge in [0.1, 0.15) is 0 Å². The van der Waals surface area contributed by atoms with Crippen LogP contribution >= 0.6 is 11.8 Å². The molecule has 2 aromatic heterocycles. The van der Waals surface area contributed by atoms with Crippen LogP contribution in [0.4, 0.5) is 0 Å². The van der Waals surface area contributed by atoms with Gasteiger partial charge in [0.2, 0.25) is 16.9 Å². The summed E-state index contributed by atoms with van der Waals surface area (Å²) in [5, 5.41) is 16.7. The van der Waals surface area contributed by atoms with E-state index in [1.54, 1.807) is 4.68 Å². The maximum Gasteiger partial charge on any atom is 0.237 e. The molecule has 26 heavy (non-hydrogen) atoms. The molecule has 0 saturated heterocycles. The molecule has 0 spiro atoms. The van der Waals surface area contributed by atoms with Gasteiger partial charge in [-0.1, -0.05) is 58.9 Å². The molecule has 2 heterocycles. The number of hydrogen-bond acceptors (Lipinski definition) is 7. The summed E-state index contributed by atoms with van der Waals surface area (Å²) in [6, 6.07) is 16.0. The van der Waals surface area contributed by atoms with Gasteiger partial charge in [0, 0.05) is 5.56 Å². The summed E-state index contributed by atoms with van der Waals surface area (Å²) in [5.41, 5.74) is 4.17. The molecular weight excluding hydrogens is 348 g/mol. The summed E-state index contributed by atoms with van der Waals surface area (Å²) in [7, 11) is 0. The van der Waals surface area contributed by atoms with Gasteiger partial charge in [-0.2, -0.15) is 9.67 Å². The Balaban J connectivity index is 1.50. The van der Waals surface area contributed by atoms with Gasteiger partial charge in [-0.05, 0) is 42.0 Å². The lowest BCUT2D eigenvalue weighted by atomic mass is 10.1. The normalized spacial score (nSPS) is 11.0. The number of tetrazole rings is 1. The van der Waals surface area contributed by atoms with E-state index in [-0.39, 0.29) is 0 Å². The van der Waals surface area contributed by atoms with Crippen LogP contribution in [0.1, 0.15) is 17.0 Å². The molecule has 7 nitrogen and oxygen atoms in total. The maximum atomic E-state index is 5.37. The number of benzene rings is 2. The van der Waals surface area contributed by atoms with Gasteiger partial charge in [0.15, 0.2) is 0 Å². The van der Waals surface area contributed by atoms with Gasteiger partial charge >= 0.3 is 0 Å². The zero-order valence-electron chi connectivity index (χ0n) is 14.3. The van der Waals surface area contributed by atoms with Crippen molar-refractivity contribution in [1.82, 2.24) is 30.3 Å². The van der Waals surface area contributed by atoms with E-state index >= 15 is 0 Å². The zero-order chi connectivity index (χ0) is 17.9. The third kappa shape index (κ3) is 3.36. The van der Waals surface area contributed by atoms with Crippen LogP contribution in [0.5, 0.6) is 0 Å². The lowest BCUT2D eigenvalue weighted by Crippen LogP contribution is -1.99. The Hall–Kier alpha value is -3.00. The number of aryl methyl sites for hydroxylation is 2. The van der Waals surface area contributed by atoms with E-state index in [2.05, 4.69) is 25.7 Å². The fraction of sp³-hybridized carbons (Fsp3) is 0.167. The van der Waals surface area contributed by atoms with Gasteiger partial charge in [-0.25, -0.2) is 0 Å². The SMILES string of the molecule is Cc1ccc(-n2nnnc2SCc2nc(-c3ccccc3C)no2)cc1. The van der Waals surface area contributed by atoms with Crippen molar-refractivity contribution >= 4 is 11.8 Å². The molecule has 2 aromatic carbocycles. The van der Waals surface area contributed by atoms with Crippen molar-refractivity contribution < 1.29 is 4.52 Å². The van der Waals surface area contributed by atoms with Crippen molar-refractivity contribution in [1.29, 1.82) is 0 Å². The fourth-order valence-electron chi connectivity index (χ4n) is 2.49. The van der Waals surface area contributed by atoms with Crippen LogP contribution in [0.25, 0.3) is 17.1 Å². The van der Waals surface area contributed by atoms with Crippen LogP contribution in [-0.2, 0) is 5.75 Å². The smallest absolute Gasteiger partial charge is 0.237 e. The minimum Gasteiger partial charge on any atom is -0.338 e. The molecular formula is C18H16N6OS. The first kappa shape index (κ1) is 16.5. The zero-order valence-corrected chi connectivity index (χ0v) is 15.1. The third-order valence-corrected chi connectivity index (χ3v) is 4.80. The van der Waals surface area contributed by atoms with Crippen molar-refractivity contribution in [3.05, 3.63) is 65.5 Å². The molecule has 0 aliphatic rings. The highest BCUT2D eigenvalue weighted by atomic mass is 32.2. The van der Waals surface area contributed by atoms with Crippen molar-refractivity contribution in [3.63, 3.8) is 0 Å². The molecule has 0 amide bonds. The lowest BCUT2D eigenvalue weighted by Gasteiger charge is -2.03. The molecule has 0 fully saturated rings. The summed E-state index contributed by atoms with van der Waals surface area (Å²) >= 11 is 1.45. The third-order valence-electron chi connectivity index (χ3n) is 3.90. The Morgan fingerprint density at radius 2 is 1.85 bits per heavy atom. The molecule has 0 aliphatic carbocycles. The lowest BCUT2D eigenvalue weighted by molar-refractivity contribution is 0.391. The van der Waals surface area contributed by atoms with Gasteiger partial charge in [0.05, 0.1) is 11.4 Å². The summed E-state index contributed by atoms with van der Waals surface area (Å²) in [4.78, 5) is 4.48. The molecule has 0 aliphatic heterocycles. The van der Waals surface area contributed by atoms with Crippen LogP contribution in [0.3, 0.4) is 0 Å². The summed E-state index contributed by atoms with van der Waals surface area (Å²) < 4.78 is 7.07. The quantitative estimate of drug-likeness (QED) is 0.500. The molecule has 4 rings (SSSR count). The van der Waals surface area contributed by atoms with Gasteiger partial charge < -0.3 is 4.52 Å². The molecule has 130 valence electrons. The number of rotatable bonds is 5. The molecule has 0 bridgehead atoms. The van der Waals surface area contributed by atoms with Crippen molar-refractivity contribution in [3.8, 4) is 17.1 Å². The highest BCUT2D eigenvalue weighted by molar-refractivity contribution is 7.98. The minimum absolute atomic E-state index is 0.491. The number of nitrogens with zero attached hydrogens (tertiary/aromatic N) is 6. The number of hydrogen-bond donors (Lipinski definition) is 0. The summed E-state index contributed by atoms with van der Waals surface area (Å²) in [6.45, 7) is 4.07. The van der Waals surface area contributed by atoms with E-state index < -0.39 is 0 Å². The maximum absolute atomic E-state index is 5.37. The average molecular weight is 364 g/mol. The fourth-order valence-corrected chi connectivity index (χ4v) is 3.22. The monoisotopic (exact) mass is 364 g/mol. The van der Waals surface area contributed by atoms with E-state index in [0.29, 0.717) is 22.6 Å². The van der Waals surface area contributed by atoms with Crippen LogP contribution in [-0.4, -0.2) is 30.3 Å². The highest BCUT2D eigenvalue weighted by Gasteiger charge is 2.14. The molecule has 0 N–H and O–H groups in total. The number of aromatic nitrogens is 6. The van der Waals surface area contributed by atoms with E-state index in [4.69, 9.17) is 4.52 Å². The Bertz CT molecular complexity index is 1020. The van der Waals surface area contributed by atoms with Crippen LogP contribution in [0.2, 0.25) is 0 Å². The second-order valence-electron chi connectivity index (χ2n) is 5.82. The molecule has 4 aromatic rings. The van der Waals surface area contributed by atoms with E-state index in [1.807, 2.05) is 62.4 Å². The first-order valence-electron chi connectivity index (χ1n) is 8.07. The standard InChI is InChI=1S/C18H16N6OS/c1-12-7-9-14(10-8-12)24-18(20-22-23-24)26-11-16-19-17(21-25-16)15-6-4-3-5-13(15)2/h3-10H,11H2,1-2H3. The van der Waals surface area contributed by atoms with Crippen molar-refractivity contribution in [2.24, 2.45) is 0 Å². The van der Waals surface area contributed by atoms with Crippen molar-refractivity contribution in [2.45, 2.75) is 24.8 Å². The first-order chi connectivity index (χ1) is 12.7. The molecule has 0 radical (unpaired) electrons. The second kappa shape index (κ2) is 7.09. The molecule has 0 unspecified atom stereocenters. The van der Waals surface area contributed by atoms with Crippen LogP contribution in [0, 0.1) is 13.8 Å². The van der Waals surface area contributed by atoms with E-state index in [0.717, 1.165) is 16.8 Å². The summed E-state index contributed by atoms with van der Waals surface area (Å²) in [6.07, 6.45) is 0. The predicted octanol–water partition coefficient (Wildman–Crippen LogP) is 3.62. The minimum atomic E-state index is 0.491. The van der Waals surface area contributed by atoms with Gasteiger partial charge in [0.25, 0.3) is 0 Å². The van der Waals surface area contributed by atoms with Crippen LogP contribution < -0.4 is 0 Å². The Labute approximate surface area is 154 Å². The molecule has 8 heteroatoms. The Morgan fingerprint density at radius 3 is 2.65 bits per heavy atom. The highest BCUT2D eigenvalue weighted by Crippen LogP contribution is 2.24. The topological polar surface area (TPSA) is 82.5 Å². The van der Waals surface area contributed by atoms with Crippen LogP contribution in [0.15, 0.2) is 58.2 Å². The average Bonchev–Trinajstić information content (AvgIpc) is 3.30. The second-order valence-corrected chi connectivity index (χ2v) is 6.77. The van der Waals surface area contributed by atoms with Crippen molar-refractivity contribution in [2.75, 3.05) is 0 Å². The van der Waals surface area contributed by atoms with E-state index in [9.17, 15) is 0 Å². The van der Waals surface area contributed by atoms with Gasteiger partial charge in [-0.15, -0.1) is 5.10 Å². The summed E-state index contributed by atoms with van der Waals surface area (Å²) in [5.74, 6) is 1.62. The molecule has 0 atom stereocenters. The number of thioether (sulfide) groups is 1. The Morgan fingerprint density at radius 1 is 1.04 bits per heavy atom. The molecule has 0 saturated carbocycles. The van der Waals surface area contributed by atoms with Gasteiger partial charge in [-0.3, -0.25) is 0 Å². The van der Waals surface area contributed by atoms with E-state index in [1.165, 1.54) is 17.3 Å². The largest absolute Gasteiger partial charge is 0.338 e. The Kier molecular flexibility index (Phi) is 4.49.